The van der Waals surface area contributed by atoms with Gasteiger partial charge in [-0.15, -0.1) is 0 Å². The van der Waals surface area contributed by atoms with Crippen LogP contribution in [0, 0.1) is 0 Å². The van der Waals surface area contributed by atoms with Gasteiger partial charge in [-0.05, 0) is 37.4 Å². The molecule has 2 N–H and O–H groups in total. The highest BCUT2D eigenvalue weighted by atomic mass is 16.3. The second-order valence-electron chi connectivity index (χ2n) is 6.94. The molecule has 7 heteroatoms. The first-order valence-electron chi connectivity index (χ1n) is 8.85. The van der Waals surface area contributed by atoms with Crippen molar-refractivity contribution in [1.82, 2.24) is 20.3 Å². The van der Waals surface area contributed by atoms with Crippen LogP contribution in [0.4, 0.5) is 5.69 Å². The monoisotopic (exact) mass is 341 g/mol. The molecule has 0 bridgehead atoms. The van der Waals surface area contributed by atoms with E-state index in [0.29, 0.717) is 31.6 Å². The Bertz CT molecular complexity index is 748. The molecule has 0 aliphatic carbocycles. The number of aliphatic hydroxyl groups is 1. The molecule has 0 spiro atoms. The summed E-state index contributed by atoms with van der Waals surface area (Å²) in [5, 5.41) is 21.3. The van der Waals surface area contributed by atoms with Gasteiger partial charge in [-0.25, -0.2) is 0 Å². The average molecular weight is 341 g/mol. The molecular formula is C18H23N5O2. The van der Waals surface area contributed by atoms with Crippen molar-refractivity contribution in [3.05, 3.63) is 41.7 Å². The highest BCUT2D eigenvalue weighted by Gasteiger charge is 2.37. The number of nitrogens with one attached hydrogen (secondary N) is 1. The highest BCUT2D eigenvalue weighted by molar-refractivity contribution is 5.95. The zero-order valence-corrected chi connectivity index (χ0v) is 14.2. The van der Waals surface area contributed by atoms with Gasteiger partial charge in [0.15, 0.2) is 0 Å². The normalized spacial score (nSPS) is 23.6. The van der Waals surface area contributed by atoms with Crippen LogP contribution in [0.1, 0.15) is 30.5 Å². The van der Waals surface area contributed by atoms with E-state index in [9.17, 15) is 9.90 Å². The molecule has 1 aromatic carbocycles. The Morgan fingerprint density at radius 3 is 3.04 bits per heavy atom. The lowest BCUT2D eigenvalue weighted by Gasteiger charge is -2.38. The number of hydrogen-bond acceptors (Lipinski definition) is 5. The molecular weight excluding hydrogens is 318 g/mol. The van der Waals surface area contributed by atoms with Crippen LogP contribution in [-0.4, -0.2) is 57.5 Å². The van der Waals surface area contributed by atoms with Crippen LogP contribution in [0.5, 0.6) is 0 Å². The first kappa shape index (κ1) is 16.2. The van der Waals surface area contributed by atoms with Gasteiger partial charge >= 0.3 is 0 Å². The fraction of sp³-hybridized carbons (Fsp3) is 0.500. The number of likely N-dealkylation sites (tertiary alicyclic amines) is 1. The summed E-state index contributed by atoms with van der Waals surface area (Å²) in [6, 6.07) is 8.11. The van der Waals surface area contributed by atoms with Crippen LogP contribution in [0.3, 0.4) is 0 Å². The van der Waals surface area contributed by atoms with E-state index in [0.717, 1.165) is 31.6 Å². The minimum absolute atomic E-state index is 0.153. The van der Waals surface area contributed by atoms with Crippen molar-refractivity contribution in [1.29, 1.82) is 0 Å². The highest BCUT2D eigenvalue weighted by Crippen LogP contribution is 2.30. The Labute approximate surface area is 146 Å². The predicted octanol–water partition coefficient (Wildman–Crippen LogP) is 1.07. The fourth-order valence-corrected chi connectivity index (χ4v) is 3.93. The number of para-hydroxylation sites is 1. The number of nitrogens with zero attached hydrogens (tertiary/aromatic N) is 4. The summed E-state index contributed by atoms with van der Waals surface area (Å²) >= 11 is 0. The second-order valence-corrected chi connectivity index (χ2v) is 6.94. The number of β-amino-alcohol motifs (C(OH)–C–C–N with tert-alkyl or cyclic N) is 1. The first-order chi connectivity index (χ1) is 12.2. The molecule has 2 aromatic rings. The Hall–Kier alpha value is -2.25. The number of aromatic amines is 1. The van der Waals surface area contributed by atoms with Gasteiger partial charge in [0.25, 0.3) is 0 Å². The van der Waals surface area contributed by atoms with Crippen molar-refractivity contribution in [2.24, 2.45) is 0 Å². The summed E-state index contributed by atoms with van der Waals surface area (Å²) in [6.07, 6.45) is 4.52. The second kappa shape index (κ2) is 6.57. The summed E-state index contributed by atoms with van der Waals surface area (Å²) in [7, 11) is 0. The maximum atomic E-state index is 12.7. The molecule has 4 rings (SSSR count). The quantitative estimate of drug-likeness (QED) is 0.869. The molecule has 2 aliphatic heterocycles. The van der Waals surface area contributed by atoms with E-state index in [4.69, 9.17) is 0 Å². The number of carbonyl (C=O) groups is 1. The van der Waals surface area contributed by atoms with Crippen molar-refractivity contribution in [3.63, 3.8) is 0 Å². The van der Waals surface area contributed by atoms with Gasteiger partial charge in [-0.1, -0.05) is 18.2 Å². The molecule has 3 heterocycles. The number of piperidine rings is 1. The van der Waals surface area contributed by atoms with E-state index in [-0.39, 0.29) is 5.91 Å². The van der Waals surface area contributed by atoms with E-state index in [1.165, 1.54) is 5.56 Å². The number of H-pyrrole nitrogens is 1. The molecule has 1 amide bonds. The minimum atomic E-state index is -0.978. The number of aromatic nitrogens is 3. The van der Waals surface area contributed by atoms with Crippen LogP contribution in [0.2, 0.25) is 0 Å². The lowest BCUT2D eigenvalue weighted by Crippen LogP contribution is -2.47. The Balaban J connectivity index is 1.36. The van der Waals surface area contributed by atoms with Gasteiger partial charge in [-0.2, -0.15) is 15.4 Å². The van der Waals surface area contributed by atoms with Crippen molar-refractivity contribution in [2.75, 3.05) is 31.1 Å². The van der Waals surface area contributed by atoms with Gasteiger partial charge in [0.05, 0.1) is 6.20 Å². The first-order valence-corrected chi connectivity index (χ1v) is 8.85. The van der Waals surface area contributed by atoms with Gasteiger partial charge < -0.3 is 10.0 Å². The van der Waals surface area contributed by atoms with Crippen molar-refractivity contribution >= 4 is 11.6 Å². The average Bonchev–Trinajstić information content (AvgIpc) is 3.30. The molecule has 25 heavy (non-hydrogen) atoms. The largest absolute Gasteiger partial charge is 0.382 e. The Morgan fingerprint density at radius 2 is 2.20 bits per heavy atom. The molecule has 0 saturated carbocycles. The molecule has 0 radical (unpaired) electrons. The van der Waals surface area contributed by atoms with E-state index in [1.54, 1.807) is 6.20 Å². The van der Waals surface area contributed by atoms with Crippen molar-refractivity contribution < 1.29 is 9.90 Å². The van der Waals surface area contributed by atoms with Crippen LogP contribution < -0.4 is 4.90 Å². The summed E-state index contributed by atoms with van der Waals surface area (Å²) in [5.74, 6) is 0.153. The van der Waals surface area contributed by atoms with E-state index in [2.05, 4.69) is 26.4 Å². The number of anilines is 1. The lowest BCUT2D eigenvalue weighted by molar-refractivity contribution is -0.119. The molecule has 1 atom stereocenters. The maximum absolute atomic E-state index is 12.7. The van der Waals surface area contributed by atoms with E-state index < -0.39 is 5.60 Å². The third-order valence-corrected chi connectivity index (χ3v) is 5.27. The number of carbonyl (C=O) groups excluding carboxylic acids is 1. The summed E-state index contributed by atoms with van der Waals surface area (Å²) in [6.45, 7) is 2.80. The molecule has 132 valence electrons. The van der Waals surface area contributed by atoms with Crippen LogP contribution in [-0.2, 0) is 16.8 Å². The van der Waals surface area contributed by atoms with Crippen molar-refractivity contribution in [2.45, 2.75) is 31.3 Å². The lowest BCUT2D eigenvalue weighted by atomic mass is 9.90. The maximum Gasteiger partial charge on any atom is 0.228 e. The third-order valence-electron chi connectivity index (χ3n) is 5.27. The van der Waals surface area contributed by atoms with Gasteiger partial charge in [0, 0.05) is 31.7 Å². The molecule has 2 aliphatic rings. The van der Waals surface area contributed by atoms with E-state index >= 15 is 0 Å². The third kappa shape index (κ3) is 3.17. The number of benzene rings is 1. The molecule has 7 nitrogen and oxygen atoms in total. The zero-order valence-electron chi connectivity index (χ0n) is 14.2. The summed E-state index contributed by atoms with van der Waals surface area (Å²) < 4.78 is 0. The van der Waals surface area contributed by atoms with Crippen LogP contribution in [0.25, 0.3) is 0 Å². The number of rotatable bonds is 4. The Kier molecular flexibility index (Phi) is 4.27. The topological polar surface area (TPSA) is 85.3 Å². The fourth-order valence-electron chi connectivity index (χ4n) is 3.93. The SMILES string of the molecule is O=C(CCN1CCCC(O)(c2cn[nH]n2)C1)N1CCc2ccccc21. The van der Waals surface area contributed by atoms with E-state index in [1.807, 2.05) is 23.1 Å². The standard InChI is InChI=1S/C18H23N5O2/c24-17(23-11-6-14-4-1-2-5-15(14)23)7-10-22-9-3-8-18(25,13-22)16-12-19-21-20-16/h1-2,4-5,12,25H,3,6-11,13H2,(H,19,20,21). The summed E-state index contributed by atoms with van der Waals surface area (Å²) in [5.41, 5.74) is 1.89. The number of hydrogen-bond donors (Lipinski definition) is 2. The molecule has 1 unspecified atom stereocenters. The minimum Gasteiger partial charge on any atom is -0.382 e. The van der Waals surface area contributed by atoms with Crippen LogP contribution >= 0.6 is 0 Å². The predicted molar refractivity (Wildman–Crippen MR) is 93.1 cm³/mol. The number of fused-ring (bicyclic) bond motifs is 1. The smallest absolute Gasteiger partial charge is 0.228 e. The molecule has 1 fully saturated rings. The zero-order chi connectivity index (χ0) is 17.3. The summed E-state index contributed by atoms with van der Waals surface area (Å²) in [4.78, 5) is 16.7. The van der Waals surface area contributed by atoms with Crippen LogP contribution in [0.15, 0.2) is 30.5 Å². The molecule has 1 aromatic heterocycles. The van der Waals surface area contributed by atoms with Gasteiger partial charge in [0.1, 0.15) is 11.3 Å². The number of amides is 1. The Morgan fingerprint density at radius 1 is 1.32 bits per heavy atom. The van der Waals surface area contributed by atoms with Gasteiger partial charge in [0.2, 0.25) is 5.91 Å². The molecule has 1 saturated heterocycles. The van der Waals surface area contributed by atoms with Crippen molar-refractivity contribution in [3.8, 4) is 0 Å². The van der Waals surface area contributed by atoms with Gasteiger partial charge in [-0.3, -0.25) is 9.69 Å².